The highest BCUT2D eigenvalue weighted by Gasteiger charge is 2.21. The van der Waals surface area contributed by atoms with Crippen LogP contribution >= 0.6 is 0 Å². The molecule has 2 heterocycles. The van der Waals surface area contributed by atoms with Crippen LogP contribution < -0.4 is 16.0 Å². The molecule has 1 fully saturated rings. The summed E-state index contributed by atoms with van der Waals surface area (Å²) in [6.07, 6.45) is -0.252. The number of urea groups is 1. The molecule has 10 nitrogen and oxygen atoms in total. The first-order chi connectivity index (χ1) is 14.9. The average Bonchev–Trinajstić information content (AvgIpc) is 3.23. The monoisotopic (exact) mass is 438 g/mol. The number of ether oxygens (including phenoxy) is 1. The fourth-order valence-corrected chi connectivity index (χ4v) is 3.02. The number of halogens is 2. The normalized spacial score (nSPS) is 16.7. The van der Waals surface area contributed by atoms with E-state index in [-0.39, 0.29) is 31.0 Å². The van der Waals surface area contributed by atoms with Crippen molar-refractivity contribution >= 4 is 11.9 Å². The molecular formula is C19H24F2N6O4. The van der Waals surface area contributed by atoms with E-state index < -0.39 is 23.6 Å². The predicted octanol–water partition coefficient (Wildman–Crippen LogP) is 0.798. The molecule has 168 valence electrons. The summed E-state index contributed by atoms with van der Waals surface area (Å²) in [5, 5.41) is 15.1. The third-order valence-corrected chi connectivity index (χ3v) is 4.50. The van der Waals surface area contributed by atoms with E-state index in [1.54, 1.807) is 13.0 Å². The molecular weight excluding hydrogens is 414 g/mol. The van der Waals surface area contributed by atoms with Gasteiger partial charge in [-0.1, -0.05) is 6.07 Å². The summed E-state index contributed by atoms with van der Waals surface area (Å²) < 4.78 is 37.3. The van der Waals surface area contributed by atoms with Gasteiger partial charge in [-0.15, -0.1) is 10.2 Å². The van der Waals surface area contributed by atoms with Crippen molar-refractivity contribution in [1.82, 2.24) is 31.0 Å². The minimum absolute atomic E-state index is 0.0357. The number of rotatable bonds is 8. The number of carbonyl (C=O) groups is 2. The highest BCUT2D eigenvalue weighted by atomic mass is 19.2. The molecule has 2 aromatic rings. The Labute approximate surface area is 177 Å². The van der Waals surface area contributed by atoms with Crippen LogP contribution in [0.1, 0.15) is 29.1 Å². The third kappa shape index (κ3) is 6.69. The first kappa shape index (κ1) is 22.6. The number of benzene rings is 1. The number of carbonyl (C=O) groups excluding carboxylic acids is 2. The molecule has 1 aromatic carbocycles. The summed E-state index contributed by atoms with van der Waals surface area (Å²) in [7, 11) is 0. The topological polar surface area (TPSA) is 122 Å². The zero-order valence-electron chi connectivity index (χ0n) is 17.0. The van der Waals surface area contributed by atoms with Crippen molar-refractivity contribution in [3.63, 3.8) is 0 Å². The zero-order valence-corrected chi connectivity index (χ0v) is 17.0. The SMILES string of the molecule is CCNC(=O)c1nnc(CNC(=O)NC[C@H]2CN(Cc3ccc(F)c(F)c3)CCO2)o1. The maximum Gasteiger partial charge on any atom is 0.315 e. The molecule has 3 rings (SSSR count). The second kappa shape index (κ2) is 10.8. The Morgan fingerprint density at radius 3 is 2.81 bits per heavy atom. The molecule has 31 heavy (non-hydrogen) atoms. The van der Waals surface area contributed by atoms with Crippen LogP contribution in [0, 0.1) is 11.6 Å². The number of nitrogens with one attached hydrogen (secondary N) is 3. The molecule has 0 aliphatic carbocycles. The number of morpholine rings is 1. The maximum atomic E-state index is 13.4. The summed E-state index contributed by atoms with van der Waals surface area (Å²) >= 11 is 0. The molecule has 0 saturated carbocycles. The van der Waals surface area contributed by atoms with Crippen molar-refractivity contribution in [3.8, 4) is 0 Å². The Morgan fingerprint density at radius 1 is 1.19 bits per heavy atom. The van der Waals surface area contributed by atoms with E-state index in [9.17, 15) is 18.4 Å². The Balaban J connectivity index is 1.39. The standard InChI is InChI=1S/C19H24F2N6O4/c1-2-22-17(28)18-26-25-16(31-18)9-24-19(29)23-8-13-11-27(5-6-30-13)10-12-3-4-14(20)15(21)7-12/h3-4,7,13H,2,5-6,8-11H2,1H3,(H,22,28)(H2,23,24,29)/t13-/m0/s1. The van der Waals surface area contributed by atoms with Gasteiger partial charge in [-0.3, -0.25) is 9.69 Å². The lowest BCUT2D eigenvalue weighted by Crippen LogP contribution is -2.48. The van der Waals surface area contributed by atoms with Crippen molar-refractivity contribution in [2.75, 3.05) is 32.8 Å². The second-order valence-electron chi connectivity index (χ2n) is 6.90. The minimum atomic E-state index is -0.875. The van der Waals surface area contributed by atoms with Crippen LogP contribution in [0.3, 0.4) is 0 Å². The molecule has 1 saturated heterocycles. The molecule has 1 atom stereocenters. The number of hydrogen-bond donors (Lipinski definition) is 3. The Bertz CT molecular complexity index is 909. The van der Waals surface area contributed by atoms with Gasteiger partial charge in [0, 0.05) is 32.7 Å². The molecule has 1 aliphatic rings. The molecule has 3 amide bonds. The van der Waals surface area contributed by atoms with E-state index in [2.05, 4.69) is 26.1 Å². The van der Waals surface area contributed by atoms with Crippen LogP contribution in [0.25, 0.3) is 0 Å². The van der Waals surface area contributed by atoms with Gasteiger partial charge in [0.2, 0.25) is 5.89 Å². The lowest BCUT2D eigenvalue weighted by atomic mass is 10.1. The first-order valence-electron chi connectivity index (χ1n) is 9.84. The molecule has 12 heteroatoms. The maximum absolute atomic E-state index is 13.4. The van der Waals surface area contributed by atoms with E-state index in [1.807, 2.05) is 4.90 Å². The number of nitrogens with zero attached hydrogens (tertiary/aromatic N) is 3. The predicted molar refractivity (Wildman–Crippen MR) is 104 cm³/mol. The van der Waals surface area contributed by atoms with Crippen LogP contribution in [0.5, 0.6) is 0 Å². The van der Waals surface area contributed by atoms with E-state index in [4.69, 9.17) is 9.15 Å². The first-order valence-corrected chi connectivity index (χ1v) is 9.84. The van der Waals surface area contributed by atoms with Gasteiger partial charge in [0.05, 0.1) is 19.3 Å². The van der Waals surface area contributed by atoms with Crippen LogP contribution in [0.4, 0.5) is 13.6 Å². The van der Waals surface area contributed by atoms with E-state index in [1.165, 1.54) is 6.07 Å². The fraction of sp³-hybridized carbons (Fsp3) is 0.474. The van der Waals surface area contributed by atoms with Crippen LogP contribution in [0.15, 0.2) is 22.6 Å². The molecule has 0 radical (unpaired) electrons. The van der Waals surface area contributed by atoms with Crippen LogP contribution in [-0.2, 0) is 17.8 Å². The summed E-state index contributed by atoms with van der Waals surface area (Å²) in [6.45, 7) is 4.50. The zero-order chi connectivity index (χ0) is 22.2. The Morgan fingerprint density at radius 2 is 2.03 bits per heavy atom. The number of aromatic nitrogens is 2. The lowest BCUT2D eigenvalue weighted by molar-refractivity contribution is -0.0287. The minimum Gasteiger partial charge on any atom is -0.415 e. The summed E-state index contributed by atoms with van der Waals surface area (Å²) in [4.78, 5) is 25.6. The highest BCUT2D eigenvalue weighted by Crippen LogP contribution is 2.13. The summed E-state index contributed by atoms with van der Waals surface area (Å²) in [5.74, 6) is -2.30. The Kier molecular flexibility index (Phi) is 7.84. The lowest BCUT2D eigenvalue weighted by Gasteiger charge is -2.33. The highest BCUT2D eigenvalue weighted by molar-refractivity contribution is 5.89. The van der Waals surface area contributed by atoms with Gasteiger partial charge in [-0.25, -0.2) is 13.6 Å². The van der Waals surface area contributed by atoms with Gasteiger partial charge in [0.1, 0.15) is 0 Å². The molecule has 1 aliphatic heterocycles. The second-order valence-corrected chi connectivity index (χ2v) is 6.90. The number of hydrogen-bond acceptors (Lipinski definition) is 7. The van der Waals surface area contributed by atoms with Crippen LogP contribution in [-0.4, -0.2) is 65.9 Å². The molecule has 0 spiro atoms. The van der Waals surface area contributed by atoms with Crippen molar-refractivity contribution in [2.24, 2.45) is 0 Å². The third-order valence-electron chi connectivity index (χ3n) is 4.50. The molecule has 1 aromatic heterocycles. The van der Waals surface area contributed by atoms with Crippen molar-refractivity contribution in [1.29, 1.82) is 0 Å². The molecule has 3 N–H and O–H groups in total. The molecule has 0 bridgehead atoms. The van der Waals surface area contributed by atoms with Crippen molar-refractivity contribution in [2.45, 2.75) is 26.1 Å². The van der Waals surface area contributed by atoms with Gasteiger partial charge < -0.3 is 25.1 Å². The van der Waals surface area contributed by atoms with E-state index in [0.717, 1.165) is 6.07 Å². The van der Waals surface area contributed by atoms with Gasteiger partial charge in [0.25, 0.3) is 0 Å². The van der Waals surface area contributed by atoms with Crippen LogP contribution in [0.2, 0.25) is 0 Å². The van der Waals surface area contributed by atoms with Crippen molar-refractivity contribution < 1.29 is 27.5 Å². The van der Waals surface area contributed by atoms with E-state index in [0.29, 0.717) is 38.3 Å². The Hall–Kier alpha value is -3.12. The fourth-order valence-electron chi connectivity index (χ4n) is 3.02. The number of amides is 3. The summed E-state index contributed by atoms with van der Waals surface area (Å²) in [6, 6.07) is 3.37. The largest absolute Gasteiger partial charge is 0.415 e. The van der Waals surface area contributed by atoms with Gasteiger partial charge in [0.15, 0.2) is 11.6 Å². The van der Waals surface area contributed by atoms with Gasteiger partial charge in [-0.2, -0.15) is 0 Å². The van der Waals surface area contributed by atoms with Crippen molar-refractivity contribution in [3.05, 3.63) is 47.2 Å². The van der Waals surface area contributed by atoms with Gasteiger partial charge in [-0.05, 0) is 24.6 Å². The van der Waals surface area contributed by atoms with Gasteiger partial charge >= 0.3 is 17.8 Å². The smallest absolute Gasteiger partial charge is 0.315 e. The van der Waals surface area contributed by atoms with E-state index >= 15 is 0 Å². The summed E-state index contributed by atoms with van der Waals surface area (Å²) in [5.41, 5.74) is 0.664. The quantitative estimate of drug-likeness (QED) is 0.557. The molecule has 0 unspecified atom stereocenters. The average molecular weight is 438 g/mol.